The van der Waals surface area contributed by atoms with Crippen molar-refractivity contribution in [2.75, 3.05) is 9.80 Å². The van der Waals surface area contributed by atoms with E-state index in [1.165, 1.54) is 71.8 Å². The fraction of sp³-hybridized carbons (Fsp3) is 0.130. The number of benzene rings is 15. The summed E-state index contributed by atoms with van der Waals surface area (Å²) in [4.78, 5) is 4.15. The van der Waals surface area contributed by atoms with E-state index in [0.29, 0.717) is 79.1 Å². The van der Waals surface area contributed by atoms with Crippen molar-refractivity contribution < 1.29 is 35.8 Å². The van der Waals surface area contributed by atoms with E-state index in [4.69, 9.17) is 9.47 Å². The van der Waals surface area contributed by atoms with Crippen molar-refractivity contribution in [2.24, 2.45) is 0 Å². The molecule has 0 aromatic heterocycles. The lowest BCUT2D eigenvalue weighted by molar-refractivity contribution is 0.481. The van der Waals surface area contributed by atoms with Crippen molar-refractivity contribution in [1.29, 1.82) is 0 Å². The van der Waals surface area contributed by atoms with Gasteiger partial charge in [0.1, 0.15) is 57.9 Å². The second-order valence-corrected chi connectivity index (χ2v) is 30.5. The summed E-state index contributed by atoms with van der Waals surface area (Å²) in [7, 11) is 0. The van der Waals surface area contributed by atoms with Crippen LogP contribution in [-0.2, 0) is 23.7 Å². The van der Waals surface area contributed by atoms with Gasteiger partial charge in [-0.25, -0.2) is 26.3 Å². The molecule has 2 aliphatic carbocycles. The fourth-order valence-corrected chi connectivity index (χ4v) is 17.9. The van der Waals surface area contributed by atoms with Gasteiger partial charge in [-0.2, -0.15) is 0 Å². The first-order valence-electron chi connectivity index (χ1n) is 40.7. The molecule has 0 heterocycles. The third-order valence-corrected chi connectivity index (χ3v) is 23.5. The maximum atomic E-state index is 17.3. The number of halogens is 6. The van der Waals surface area contributed by atoms with E-state index in [0.717, 1.165) is 131 Å². The van der Waals surface area contributed by atoms with Gasteiger partial charge in [0.2, 0.25) is 0 Å². The van der Waals surface area contributed by atoms with Gasteiger partial charge in [0.15, 0.2) is 0 Å². The molecule has 0 radical (unpaired) electrons. The predicted octanol–water partition coefficient (Wildman–Crippen LogP) is 30.6. The fourth-order valence-electron chi connectivity index (χ4n) is 17.9. The summed E-state index contributed by atoms with van der Waals surface area (Å²) in [5, 5.41) is 0. The number of fused-ring (bicyclic) bond motifs is 6. The molecule has 4 nitrogen and oxygen atoms in total. The molecule has 0 spiro atoms. The summed E-state index contributed by atoms with van der Waals surface area (Å²) in [6.45, 7) is 12.2. The van der Waals surface area contributed by atoms with E-state index in [1.54, 1.807) is 36.4 Å². The molecule has 582 valence electrons. The summed E-state index contributed by atoms with van der Waals surface area (Å²) in [5.74, 6) is -1.25. The van der Waals surface area contributed by atoms with E-state index in [1.807, 2.05) is 182 Å². The molecule has 15 aromatic carbocycles. The van der Waals surface area contributed by atoms with Crippen LogP contribution >= 0.6 is 0 Å². The van der Waals surface area contributed by atoms with Gasteiger partial charge in [-0.3, -0.25) is 0 Å². The molecule has 0 bridgehead atoms. The Labute approximate surface area is 686 Å². The molecule has 118 heavy (non-hydrogen) atoms. The Bertz CT molecular complexity index is 5770. The van der Waals surface area contributed by atoms with Crippen LogP contribution in [-0.4, -0.2) is 0 Å². The Kier molecular flexibility index (Phi) is 21.8. The normalized spacial score (nSPS) is 14.2. The smallest absolute Gasteiger partial charge is 0.130 e. The van der Waals surface area contributed by atoms with E-state index in [9.17, 15) is 0 Å². The summed E-state index contributed by atoms with van der Waals surface area (Å²) < 4.78 is 112. The largest absolute Gasteiger partial charge is 0.457 e. The van der Waals surface area contributed by atoms with Gasteiger partial charge in [0, 0.05) is 45.3 Å². The Morgan fingerprint density at radius 3 is 0.941 bits per heavy atom. The highest BCUT2D eigenvalue weighted by atomic mass is 19.2. The Morgan fingerprint density at radius 1 is 0.288 bits per heavy atom. The van der Waals surface area contributed by atoms with Crippen LogP contribution in [0.15, 0.2) is 341 Å². The molecule has 0 N–H and O–H groups in total. The maximum Gasteiger partial charge on any atom is 0.130 e. The van der Waals surface area contributed by atoms with Crippen molar-refractivity contribution in [3.63, 3.8) is 0 Å². The molecule has 10 heteroatoms. The van der Waals surface area contributed by atoms with Crippen LogP contribution in [0.4, 0.5) is 60.5 Å². The Balaban J connectivity index is 0.758. The van der Waals surface area contributed by atoms with E-state index in [2.05, 4.69) is 97.5 Å². The van der Waals surface area contributed by atoms with Gasteiger partial charge in [0.25, 0.3) is 0 Å². The third-order valence-electron chi connectivity index (χ3n) is 23.5. The quantitative estimate of drug-likeness (QED) is 0.0360. The highest BCUT2D eigenvalue weighted by Gasteiger charge is 2.51. The first-order chi connectivity index (χ1) is 57.8. The van der Waals surface area contributed by atoms with Gasteiger partial charge in [0.05, 0.1) is 10.8 Å². The summed E-state index contributed by atoms with van der Waals surface area (Å²) in [6.07, 6.45) is 13.6. The number of nitrogens with zero attached hydrogens (tertiary/aromatic N) is 2. The van der Waals surface area contributed by atoms with Crippen molar-refractivity contribution in [2.45, 2.75) is 88.9 Å². The highest BCUT2D eigenvalue weighted by molar-refractivity contribution is 5.93. The topological polar surface area (TPSA) is 24.9 Å². The zero-order valence-electron chi connectivity index (χ0n) is 65.8. The minimum Gasteiger partial charge on any atom is -0.457 e. The van der Waals surface area contributed by atoms with Crippen LogP contribution in [0.5, 0.6) is 23.0 Å². The lowest BCUT2D eigenvalue weighted by Crippen LogP contribution is -2.31. The molecule has 17 rings (SSSR count). The third kappa shape index (κ3) is 14.5. The van der Waals surface area contributed by atoms with Crippen molar-refractivity contribution in [1.82, 2.24) is 0 Å². The van der Waals surface area contributed by atoms with Crippen LogP contribution in [0.2, 0.25) is 0 Å². The van der Waals surface area contributed by atoms with Crippen molar-refractivity contribution >= 4 is 46.3 Å². The van der Waals surface area contributed by atoms with Gasteiger partial charge in [-0.05, 0) is 296 Å². The molecular weight excluding hydrogens is 1470 g/mol. The van der Waals surface area contributed by atoms with E-state index >= 15 is 26.3 Å². The first kappa shape index (κ1) is 77.2. The van der Waals surface area contributed by atoms with Crippen LogP contribution in [0.3, 0.4) is 0 Å². The molecule has 0 saturated heterocycles. The molecule has 2 atom stereocenters. The van der Waals surface area contributed by atoms with Crippen LogP contribution in [0.1, 0.15) is 132 Å². The monoisotopic (exact) mass is 1560 g/mol. The number of rotatable bonds is 28. The average molecular weight is 1560 g/mol. The van der Waals surface area contributed by atoms with Crippen LogP contribution in [0.25, 0.3) is 56.7 Å². The molecule has 15 aromatic rings. The van der Waals surface area contributed by atoms with E-state index in [-0.39, 0.29) is 11.1 Å². The minimum absolute atomic E-state index is 0.111. The molecule has 0 fully saturated rings. The summed E-state index contributed by atoms with van der Waals surface area (Å²) >= 11 is 0. The number of ether oxygens (including phenoxy) is 2. The highest BCUT2D eigenvalue weighted by Crippen LogP contribution is 2.61. The summed E-state index contributed by atoms with van der Waals surface area (Å²) in [5.41, 5.74) is 17.0. The minimum atomic E-state index is -1.50. The van der Waals surface area contributed by atoms with Gasteiger partial charge < -0.3 is 19.3 Å². The lowest BCUT2D eigenvalue weighted by atomic mass is 9.67. The molecule has 2 aliphatic rings. The molecule has 0 saturated carbocycles. The van der Waals surface area contributed by atoms with Crippen molar-refractivity contribution in [3.8, 4) is 67.5 Å². The van der Waals surface area contributed by atoms with E-state index < -0.39 is 45.7 Å². The van der Waals surface area contributed by atoms with Crippen LogP contribution in [0, 0.1) is 34.9 Å². The SMILES string of the molecule is C=Cc1ccc(Oc2ccc(C3(c4c(F)cccc4F)c4ccccc4-c4ccc(N(c5ccc(F)cc5)c5ccc(-c6cc(CCCCCC)c(-c7ccc(N(c8ccc(F)cc8)c8ccc9c(c8)C(c8ccc(Oc%10ccc(C=C)cc%10)cc8)(c8c(F)cccc8F)c8ccccc8-9)cc7)cc6CCCCCC)cc5)cc43)cc2)cc1. The Hall–Kier alpha value is -13.4. The molecule has 0 amide bonds. The van der Waals surface area contributed by atoms with Gasteiger partial charge in [-0.15, -0.1) is 0 Å². The zero-order valence-corrected chi connectivity index (χ0v) is 65.8. The second kappa shape index (κ2) is 33.4. The number of aryl methyl sites for hydroxylation is 2. The average Bonchev–Trinajstić information content (AvgIpc) is 1.52. The zero-order chi connectivity index (χ0) is 81.0. The van der Waals surface area contributed by atoms with Crippen LogP contribution < -0.4 is 19.3 Å². The number of hydrogen-bond acceptors (Lipinski definition) is 4. The standard InChI is InChI=1S/C108H86F6N2O2/c1-5-9-11-13-21-75-67-96(74-37-49-82(50-38-74)116(84-53-45-80(110)46-54-84)86-56-66-94-92-24-16-18-26-98(92)108(100(94)70-86,106-103(113)29-20-30-104(106)114)78-41-63-90(64-42-78)118-88-59-33-72(8-4)34-60-88)76(22-14-12-10-6-2)68-95(75)73-35-47-81(48-36-73)115(83-51-43-79(109)44-52-83)85-55-65-93-91-23-15-17-25-97(91)107(99(93)69-85,105-101(111)27-19-28-102(105)112)77-39-61-89(62-40-77)117-87-57-31-71(7-3)32-58-87/h7-8,15-20,23-70H,3-6,9-14,21-22H2,1-2H3. The van der Waals surface area contributed by atoms with Crippen molar-refractivity contribution in [3.05, 3.63) is 442 Å². The molecule has 2 unspecified atom stereocenters. The molecular formula is C108H86F6N2O2. The van der Waals surface area contributed by atoms with Gasteiger partial charge >= 0.3 is 0 Å². The lowest BCUT2D eigenvalue weighted by Gasteiger charge is -2.35. The Morgan fingerprint density at radius 2 is 0.602 bits per heavy atom. The second-order valence-electron chi connectivity index (χ2n) is 30.5. The molecule has 0 aliphatic heterocycles. The number of anilines is 6. The van der Waals surface area contributed by atoms with Gasteiger partial charge in [-0.1, -0.05) is 235 Å². The predicted molar refractivity (Wildman–Crippen MR) is 470 cm³/mol. The summed E-state index contributed by atoms with van der Waals surface area (Å²) in [6, 6.07) is 101. The maximum absolute atomic E-state index is 17.3. The number of unbranched alkanes of at least 4 members (excludes halogenated alkanes) is 6. The number of hydrogen-bond donors (Lipinski definition) is 0. The first-order valence-corrected chi connectivity index (χ1v) is 40.7.